The van der Waals surface area contributed by atoms with Crippen LogP contribution in [0.15, 0.2) is 42.5 Å². The minimum absolute atomic E-state index is 0.124. The summed E-state index contributed by atoms with van der Waals surface area (Å²) in [5.74, 6) is -1.01. The number of hydrogen-bond acceptors (Lipinski definition) is 3. The van der Waals surface area contributed by atoms with Crippen LogP contribution < -0.4 is 9.62 Å². The predicted molar refractivity (Wildman–Crippen MR) is 108 cm³/mol. The maximum atomic E-state index is 13.5. The van der Waals surface area contributed by atoms with Crippen molar-refractivity contribution in [1.29, 1.82) is 0 Å². The SMILES string of the molecule is C[C@H](NC(=O)CN(c1cccc(F)c1)S(C)(=O)=O)c1ccc2c(c1)CCCC2. The van der Waals surface area contributed by atoms with Crippen molar-refractivity contribution in [3.8, 4) is 0 Å². The monoisotopic (exact) mass is 404 g/mol. The lowest BCUT2D eigenvalue weighted by molar-refractivity contribution is -0.120. The first kappa shape index (κ1) is 20.3. The highest BCUT2D eigenvalue weighted by Gasteiger charge is 2.22. The van der Waals surface area contributed by atoms with Crippen LogP contribution in [0.4, 0.5) is 10.1 Å². The van der Waals surface area contributed by atoms with Crippen molar-refractivity contribution in [3.05, 3.63) is 65.0 Å². The van der Waals surface area contributed by atoms with Gasteiger partial charge >= 0.3 is 0 Å². The van der Waals surface area contributed by atoms with Crippen molar-refractivity contribution >= 4 is 21.6 Å². The number of sulfonamides is 1. The van der Waals surface area contributed by atoms with Crippen LogP contribution in [0.5, 0.6) is 0 Å². The largest absolute Gasteiger partial charge is 0.348 e. The van der Waals surface area contributed by atoms with Crippen molar-refractivity contribution in [2.75, 3.05) is 17.1 Å². The van der Waals surface area contributed by atoms with Crippen LogP contribution in [0.1, 0.15) is 42.5 Å². The van der Waals surface area contributed by atoms with Crippen LogP contribution in [0.2, 0.25) is 0 Å². The molecule has 150 valence electrons. The normalized spacial score (nSPS) is 14.8. The van der Waals surface area contributed by atoms with E-state index in [0.717, 1.165) is 35.0 Å². The van der Waals surface area contributed by atoms with E-state index in [0.29, 0.717) is 0 Å². The van der Waals surface area contributed by atoms with E-state index in [1.54, 1.807) is 0 Å². The van der Waals surface area contributed by atoms with Gasteiger partial charge in [-0.3, -0.25) is 9.10 Å². The molecule has 0 heterocycles. The lowest BCUT2D eigenvalue weighted by Gasteiger charge is -2.24. The molecule has 0 saturated heterocycles. The van der Waals surface area contributed by atoms with Crippen molar-refractivity contribution < 1.29 is 17.6 Å². The van der Waals surface area contributed by atoms with Gasteiger partial charge in [-0.05, 0) is 67.5 Å². The second-order valence-electron chi connectivity index (χ2n) is 7.27. The zero-order valence-corrected chi connectivity index (χ0v) is 16.9. The number of aryl methyl sites for hydroxylation is 2. The minimum atomic E-state index is -3.74. The van der Waals surface area contributed by atoms with Gasteiger partial charge in [0.05, 0.1) is 18.0 Å². The van der Waals surface area contributed by atoms with Crippen LogP contribution in [0.25, 0.3) is 0 Å². The van der Waals surface area contributed by atoms with Crippen LogP contribution in [-0.2, 0) is 27.7 Å². The highest BCUT2D eigenvalue weighted by Crippen LogP contribution is 2.25. The van der Waals surface area contributed by atoms with Gasteiger partial charge in [0.2, 0.25) is 15.9 Å². The molecule has 5 nitrogen and oxygen atoms in total. The zero-order valence-electron chi connectivity index (χ0n) is 16.1. The third-order valence-electron chi connectivity index (χ3n) is 5.03. The third-order valence-corrected chi connectivity index (χ3v) is 6.17. The smallest absolute Gasteiger partial charge is 0.241 e. The van der Waals surface area contributed by atoms with Crippen molar-refractivity contribution in [3.63, 3.8) is 0 Å². The Balaban J connectivity index is 1.72. The summed E-state index contributed by atoms with van der Waals surface area (Å²) >= 11 is 0. The first-order valence-electron chi connectivity index (χ1n) is 9.38. The van der Waals surface area contributed by atoms with Crippen molar-refractivity contribution in [1.82, 2.24) is 5.32 Å². The summed E-state index contributed by atoms with van der Waals surface area (Å²) in [6.45, 7) is 1.47. The molecule has 0 radical (unpaired) electrons. The van der Waals surface area contributed by atoms with E-state index in [4.69, 9.17) is 0 Å². The van der Waals surface area contributed by atoms with E-state index in [1.165, 1.54) is 42.2 Å². The van der Waals surface area contributed by atoms with Crippen LogP contribution in [-0.4, -0.2) is 27.1 Å². The van der Waals surface area contributed by atoms with Gasteiger partial charge in [0, 0.05) is 0 Å². The summed E-state index contributed by atoms with van der Waals surface area (Å²) in [4.78, 5) is 12.5. The van der Waals surface area contributed by atoms with Crippen LogP contribution in [0.3, 0.4) is 0 Å². The van der Waals surface area contributed by atoms with Crippen molar-refractivity contribution in [2.45, 2.75) is 38.6 Å². The lowest BCUT2D eigenvalue weighted by Crippen LogP contribution is -2.41. The Morgan fingerprint density at radius 2 is 1.86 bits per heavy atom. The van der Waals surface area contributed by atoms with E-state index in [-0.39, 0.29) is 11.7 Å². The Morgan fingerprint density at radius 3 is 2.54 bits per heavy atom. The average molecular weight is 405 g/mol. The predicted octanol–water partition coefficient (Wildman–Crippen LogP) is 3.35. The molecular weight excluding hydrogens is 379 g/mol. The molecule has 2 aromatic rings. The Bertz CT molecular complexity index is 975. The molecule has 0 saturated carbocycles. The first-order valence-corrected chi connectivity index (χ1v) is 11.2. The van der Waals surface area contributed by atoms with E-state index in [2.05, 4.69) is 17.4 Å². The minimum Gasteiger partial charge on any atom is -0.348 e. The topological polar surface area (TPSA) is 66.5 Å². The molecule has 2 aromatic carbocycles. The molecule has 3 rings (SSSR count). The Kier molecular flexibility index (Phi) is 6.03. The molecular formula is C21H25FN2O3S. The number of fused-ring (bicyclic) bond motifs is 1. The highest BCUT2D eigenvalue weighted by atomic mass is 32.2. The summed E-state index contributed by atoms with van der Waals surface area (Å²) in [6, 6.07) is 11.2. The fourth-order valence-electron chi connectivity index (χ4n) is 3.55. The fraction of sp³-hybridized carbons (Fsp3) is 0.381. The van der Waals surface area contributed by atoms with Crippen molar-refractivity contribution in [2.24, 2.45) is 0 Å². The van der Waals surface area contributed by atoms with E-state index < -0.39 is 28.3 Å². The van der Waals surface area contributed by atoms with Gasteiger partial charge in [0.1, 0.15) is 12.4 Å². The van der Waals surface area contributed by atoms with Gasteiger partial charge in [0.25, 0.3) is 0 Å². The molecule has 1 aliphatic carbocycles. The van der Waals surface area contributed by atoms with Gasteiger partial charge in [-0.2, -0.15) is 0 Å². The maximum absolute atomic E-state index is 13.5. The average Bonchev–Trinajstić information content (AvgIpc) is 2.64. The van der Waals surface area contributed by atoms with Gasteiger partial charge in [-0.15, -0.1) is 0 Å². The first-order chi connectivity index (χ1) is 13.2. The third kappa shape index (κ3) is 4.90. The summed E-state index contributed by atoms with van der Waals surface area (Å²) < 4.78 is 38.6. The maximum Gasteiger partial charge on any atom is 0.241 e. The summed E-state index contributed by atoms with van der Waals surface area (Å²) in [5, 5.41) is 2.85. The molecule has 7 heteroatoms. The van der Waals surface area contributed by atoms with Gasteiger partial charge in [0.15, 0.2) is 0 Å². The molecule has 0 bridgehead atoms. The summed E-state index contributed by atoms with van der Waals surface area (Å²) in [7, 11) is -3.74. The Labute approximate surface area is 165 Å². The molecule has 1 atom stereocenters. The van der Waals surface area contributed by atoms with Gasteiger partial charge in [-0.1, -0.05) is 24.3 Å². The number of nitrogens with zero attached hydrogens (tertiary/aromatic N) is 1. The molecule has 0 spiro atoms. The number of rotatable bonds is 6. The number of halogens is 1. The summed E-state index contributed by atoms with van der Waals surface area (Å²) in [5.41, 5.74) is 3.80. The van der Waals surface area contributed by atoms with E-state index in [9.17, 15) is 17.6 Å². The number of hydrogen-bond donors (Lipinski definition) is 1. The molecule has 28 heavy (non-hydrogen) atoms. The second kappa shape index (κ2) is 8.31. The Morgan fingerprint density at radius 1 is 1.14 bits per heavy atom. The lowest BCUT2D eigenvalue weighted by atomic mass is 9.89. The zero-order chi connectivity index (χ0) is 20.3. The molecule has 1 amide bonds. The summed E-state index contributed by atoms with van der Waals surface area (Å²) in [6.07, 6.45) is 5.52. The van der Waals surface area contributed by atoms with Gasteiger partial charge in [-0.25, -0.2) is 12.8 Å². The molecule has 1 aliphatic rings. The standard InChI is InChI=1S/C21H25FN2O3S/c1-15(17-11-10-16-6-3-4-7-18(16)12-17)23-21(25)14-24(28(2,26)27)20-9-5-8-19(22)13-20/h5,8-13,15H,3-4,6-7,14H2,1-2H3,(H,23,25)/t15-/m0/s1. The molecule has 1 N–H and O–H groups in total. The number of amides is 1. The Hall–Kier alpha value is -2.41. The number of carbonyl (C=O) groups excluding carboxylic acids is 1. The fourth-order valence-corrected chi connectivity index (χ4v) is 4.40. The number of carbonyl (C=O) groups is 1. The second-order valence-corrected chi connectivity index (χ2v) is 9.18. The molecule has 0 aromatic heterocycles. The number of nitrogens with one attached hydrogen (secondary N) is 1. The highest BCUT2D eigenvalue weighted by molar-refractivity contribution is 7.92. The molecule has 0 fully saturated rings. The van der Waals surface area contributed by atoms with Gasteiger partial charge < -0.3 is 5.32 Å². The molecule has 0 aliphatic heterocycles. The van der Waals surface area contributed by atoms with Crippen LogP contribution >= 0.6 is 0 Å². The number of benzene rings is 2. The quantitative estimate of drug-likeness (QED) is 0.803. The van der Waals surface area contributed by atoms with Crippen LogP contribution in [0, 0.1) is 5.82 Å². The number of anilines is 1. The molecule has 0 unspecified atom stereocenters. The van der Waals surface area contributed by atoms with E-state index in [1.807, 2.05) is 13.0 Å². The van der Waals surface area contributed by atoms with E-state index >= 15 is 0 Å².